The number of para-hydroxylation sites is 1. The fourth-order valence-corrected chi connectivity index (χ4v) is 3.12. The van der Waals surface area contributed by atoms with Crippen molar-refractivity contribution in [2.24, 2.45) is 0 Å². The van der Waals surface area contributed by atoms with E-state index in [4.69, 9.17) is 9.47 Å². The van der Waals surface area contributed by atoms with Crippen molar-refractivity contribution in [1.82, 2.24) is 10.2 Å². The van der Waals surface area contributed by atoms with Crippen LogP contribution in [0.5, 0.6) is 5.75 Å². The number of aryl methyl sites for hydroxylation is 2. The van der Waals surface area contributed by atoms with Crippen molar-refractivity contribution in [2.45, 2.75) is 20.8 Å². The molecular formula is C20H20N2O3. The van der Waals surface area contributed by atoms with E-state index >= 15 is 0 Å². The Kier molecular flexibility index (Phi) is 4.65. The molecule has 1 aromatic heterocycles. The molecule has 0 aliphatic rings. The zero-order valence-corrected chi connectivity index (χ0v) is 14.8. The van der Waals surface area contributed by atoms with Gasteiger partial charge in [0, 0.05) is 16.3 Å². The molecule has 0 saturated carbocycles. The molecule has 3 rings (SSSR count). The van der Waals surface area contributed by atoms with Gasteiger partial charge in [-0.05, 0) is 50.1 Å². The van der Waals surface area contributed by atoms with Crippen molar-refractivity contribution in [2.75, 3.05) is 13.7 Å². The summed E-state index contributed by atoms with van der Waals surface area (Å²) in [5, 5.41) is 10.3. The molecular weight excluding hydrogens is 316 g/mol. The quantitative estimate of drug-likeness (QED) is 0.671. The van der Waals surface area contributed by atoms with Gasteiger partial charge in [0.15, 0.2) is 0 Å². The van der Waals surface area contributed by atoms with E-state index in [2.05, 4.69) is 10.2 Å². The van der Waals surface area contributed by atoms with E-state index in [1.165, 1.54) is 0 Å². The zero-order chi connectivity index (χ0) is 18.0. The minimum Gasteiger partial charge on any atom is -0.496 e. The summed E-state index contributed by atoms with van der Waals surface area (Å²) in [5.74, 6) is 0.420. The van der Waals surface area contributed by atoms with Crippen molar-refractivity contribution in [3.63, 3.8) is 0 Å². The number of hydrogen-bond donors (Lipinski definition) is 0. The van der Waals surface area contributed by atoms with Crippen LogP contribution in [0.1, 0.15) is 28.4 Å². The summed E-state index contributed by atoms with van der Waals surface area (Å²) in [5.41, 5.74) is 3.89. The summed E-state index contributed by atoms with van der Waals surface area (Å²) in [7, 11) is 1.63. The Balaban J connectivity index is 2.29. The maximum absolute atomic E-state index is 12.3. The molecule has 5 nitrogen and oxygen atoms in total. The predicted octanol–water partition coefficient (Wildman–Crippen LogP) is 4.10. The summed E-state index contributed by atoms with van der Waals surface area (Å²) in [6.07, 6.45) is 1.69. The normalized spacial score (nSPS) is 10.7. The number of ether oxygens (including phenoxy) is 2. The fraction of sp³-hybridized carbons (Fsp3) is 0.250. The van der Waals surface area contributed by atoms with Gasteiger partial charge in [-0.15, -0.1) is 5.10 Å². The van der Waals surface area contributed by atoms with Crippen molar-refractivity contribution >= 4 is 16.7 Å². The molecule has 0 fully saturated rings. The standard InChI is InChI=1S/C20H20N2O3/c1-5-25-20(23)18-12(2)10-15-16(13(18)3)11-21-22-19(15)14-8-6-7-9-17(14)24-4/h6-11H,5H2,1-4H3. The fourth-order valence-electron chi connectivity index (χ4n) is 3.12. The summed E-state index contributed by atoms with van der Waals surface area (Å²) in [4.78, 5) is 12.3. The van der Waals surface area contributed by atoms with Gasteiger partial charge in [-0.2, -0.15) is 5.10 Å². The third kappa shape index (κ3) is 2.93. The lowest BCUT2D eigenvalue weighted by Gasteiger charge is -2.14. The van der Waals surface area contributed by atoms with Crippen LogP contribution in [0, 0.1) is 13.8 Å². The van der Waals surface area contributed by atoms with Crippen LogP contribution in [0.15, 0.2) is 36.5 Å². The van der Waals surface area contributed by atoms with Crippen molar-refractivity contribution < 1.29 is 14.3 Å². The number of methoxy groups -OCH3 is 1. The van der Waals surface area contributed by atoms with E-state index in [0.717, 1.165) is 38.9 Å². The first-order valence-corrected chi connectivity index (χ1v) is 8.14. The first-order chi connectivity index (χ1) is 12.1. The number of nitrogens with zero attached hydrogens (tertiary/aromatic N) is 2. The van der Waals surface area contributed by atoms with Gasteiger partial charge >= 0.3 is 5.97 Å². The minimum absolute atomic E-state index is 0.310. The van der Waals surface area contributed by atoms with Gasteiger partial charge in [0.1, 0.15) is 11.4 Å². The Morgan fingerprint density at radius 3 is 2.64 bits per heavy atom. The Hall–Kier alpha value is -2.95. The summed E-state index contributed by atoms with van der Waals surface area (Å²) in [6.45, 7) is 5.96. The molecule has 0 bridgehead atoms. The van der Waals surface area contributed by atoms with Gasteiger partial charge in [0.25, 0.3) is 0 Å². The average molecular weight is 336 g/mol. The molecule has 0 atom stereocenters. The first-order valence-electron chi connectivity index (χ1n) is 8.14. The Morgan fingerprint density at radius 1 is 1.16 bits per heavy atom. The number of benzene rings is 2. The molecule has 0 radical (unpaired) electrons. The second-order valence-corrected chi connectivity index (χ2v) is 5.77. The van der Waals surface area contributed by atoms with Crippen LogP contribution in [0.4, 0.5) is 0 Å². The summed E-state index contributed by atoms with van der Waals surface area (Å²) >= 11 is 0. The number of rotatable bonds is 4. The highest BCUT2D eigenvalue weighted by Crippen LogP contribution is 2.35. The van der Waals surface area contributed by atoms with Gasteiger partial charge in [0.2, 0.25) is 0 Å². The molecule has 1 heterocycles. The maximum Gasteiger partial charge on any atom is 0.338 e. The highest BCUT2D eigenvalue weighted by atomic mass is 16.5. The third-order valence-corrected chi connectivity index (χ3v) is 4.27. The smallest absolute Gasteiger partial charge is 0.338 e. The number of carbonyl (C=O) groups is 1. The molecule has 0 spiro atoms. The number of hydrogen-bond acceptors (Lipinski definition) is 5. The van der Waals surface area contributed by atoms with Gasteiger partial charge in [-0.1, -0.05) is 12.1 Å². The Morgan fingerprint density at radius 2 is 1.92 bits per heavy atom. The van der Waals surface area contributed by atoms with Crippen LogP contribution in [0.3, 0.4) is 0 Å². The van der Waals surface area contributed by atoms with Crippen molar-refractivity contribution in [1.29, 1.82) is 0 Å². The lowest BCUT2D eigenvalue weighted by atomic mass is 9.94. The number of esters is 1. The van der Waals surface area contributed by atoms with Gasteiger partial charge < -0.3 is 9.47 Å². The second-order valence-electron chi connectivity index (χ2n) is 5.77. The van der Waals surface area contributed by atoms with Gasteiger partial charge in [-0.25, -0.2) is 4.79 Å². The van der Waals surface area contributed by atoms with E-state index in [1.807, 2.05) is 44.2 Å². The second kappa shape index (κ2) is 6.89. The largest absolute Gasteiger partial charge is 0.496 e. The molecule has 5 heteroatoms. The third-order valence-electron chi connectivity index (χ3n) is 4.27. The number of carbonyl (C=O) groups excluding carboxylic acids is 1. The highest BCUT2D eigenvalue weighted by molar-refractivity contribution is 6.04. The SMILES string of the molecule is CCOC(=O)c1c(C)cc2c(-c3ccccc3OC)nncc2c1C. The van der Waals surface area contributed by atoms with Crippen LogP contribution in [-0.4, -0.2) is 29.9 Å². The van der Waals surface area contributed by atoms with Crippen LogP contribution >= 0.6 is 0 Å². The lowest BCUT2D eigenvalue weighted by Crippen LogP contribution is -2.10. The lowest BCUT2D eigenvalue weighted by molar-refractivity contribution is 0.0525. The van der Waals surface area contributed by atoms with E-state index < -0.39 is 0 Å². The molecule has 25 heavy (non-hydrogen) atoms. The molecule has 0 aliphatic heterocycles. The van der Waals surface area contributed by atoms with E-state index in [0.29, 0.717) is 12.2 Å². The van der Waals surface area contributed by atoms with Gasteiger partial charge in [0.05, 0.1) is 25.5 Å². The molecule has 0 aliphatic carbocycles. The summed E-state index contributed by atoms with van der Waals surface area (Å²) < 4.78 is 10.7. The average Bonchev–Trinajstić information content (AvgIpc) is 2.61. The number of fused-ring (bicyclic) bond motifs is 1. The van der Waals surface area contributed by atoms with Crippen molar-refractivity contribution in [3.05, 3.63) is 53.2 Å². The highest BCUT2D eigenvalue weighted by Gasteiger charge is 2.19. The molecule has 0 N–H and O–H groups in total. The molecule has 0 amide bonds. The van der Waals surface area contributed by atoms with Crippen LogP contribution in [0.2, 0.25) is 0 Å². The zero-order valence-electron chi connectivity index (χ0n) is 14.8. The minimum atomic E-state index is -0.310. The Labute approximate surface area is 146 Å². The molecule has 128 valence electrons. The molecule has 3 aromatic rings. The maximum atomic E-state index is 12.3. The van der Waals surface area contributed by atoms with Crippen molar-refractivity contribution in [3.8, 4) is 17.0 Å². The monoisotopic (exact) mass is 336 g/mol. The van der Waals surface area contributed by atoms with E-state index in [9.17, 15) is 4.79 Å². The van der Waals surface area contributed by atoms with Crippen LogP contribution in [0.25, 0.3) is 22.0 Å². The Bertz CT molecular complexity index is 951. The van der Waals surface area contributed by atoms with Gasteiger partial charge in [-0.3, -0.25) is 0 Å². The summed E-state index contributed by atoms with van der Waals surface area (Å²) in [6, 6.07) is 9.65. The molecule has 2 aromatic carbocycles. The predicted molar refractivity (Wildman–Crippen MR) is 97.0 cm³/mol. The van der Waals surface area contributed by atoms with Crippen LogP contribution < -0.4 is 4.74 Å². The number of aromatic nitrogens is 2. The van der Waals surface area contributed by atoms with Crippen LogP contribution in [-0.2, 0) is 4.74 Å². The van der Waals surface area contributed by atoms with E-state index in [-0.39, 0.29) is 5.97 Å². The molecule has 0 unspecified atom stereocenters. The van der Waals surface area contributed by atoms with E-state index in [1.54, 1.807) is 20.2 Å². The topological polar surface area (TPSA) is 61.3 Å². The first kappa shape index (κ1) is 16.9. The molecule has 0 saturated heterocycles.